The lowest BCUT2D eigenvalue weighted by molar-refractivity contribution is 0.268. The molecule has 0 fully saturated rings. The molecule has 38 heavy (non-hydrogen) atoms. The van der Waals surface area contributed by atoms with Crippen LogP contribution < -0.4 is 5.32 Å². The maximum absolute atomic E-state index is 15.0. The van der Waals surface area contributed by atoms with Crippen LogP contribution in [-0.4, -0.2) is 67.0 Å². The Morgan fingerprint density at radius 3 is 2.58 bits per heavy atom. The number of hydrogen-bond donors (Lipinski definition) is 1. The number of anilines is 2. The van der Waals surface area contributed by atoms with E-state index in [0.29, 0.717) is 22.7 Å². The van der Waals surface area contributed by atoms with Gasteiger partial charge in [0.15, 0.2) is 11.6 Å². The van der Waals surface area contributed by atoms with E-state index in [4.69, 9.17) is 4.98 Å². The van der Waals surface area contributed by atoms with E-state index < -0.39 is 21.7 Å². The lowest BCUT2D eigenvalue weighted by atomic mass is 10.1. The summed E-state index contributed by atoms with van der Waals surface area (Å²) >= 11 is 0. The molecule has 0 bridgehead atoms. The summed E-state index contributed by atoms with van der Waals surface area (Å²) in [7, 11) is -0.520. The van der Waals surface area contributed by atoms with Crippen molar-refractivity contribution < 1.29 is 8.78 Å². The molecule has 0 saturated heterocycles. The third kappa shape index (κ3) is 5.51. The highest BCUT2D eigenvalue weighted by atomic mass is 32.3. The van der Waals surface area contributed by atoms with Gasteiger partial charge in [0.05, 0.1) is 11.7 Å². The van der Waals surface area contributed by atoms with Crippen molar-refractivity contribution >= 4 is 32.8 Å². The van der Waals surface area contributed by atoms with Crippen molar-refractivity contribution in [3.05, 3.63) is 59.2 Å². The number of nitrogens with zero attached hydrogens (tertiary/aromatic N) is 6. The number of benzene rings is 1. The van der Waals surface area contributed by atoms with Crippen molar-refractivity contribution in [3.63, 3.8) is 0 Å². The molecule has 202 valence electrons. The summed E-state index contributed by atoms with van der Waals surface area (Å²) in [6, 6.07) is 7.07. The second kappa shape index (κ2) is 10.2. The Kier molecular flexibility index (Phi) is 7.13. The second-order valence-corrected chi connectivity index (χ2v) is 15.7. The molecule has 0 atom stereocenters. The molecule has 5 rings (SSSR count). The largest absolute Gasteiger partial charge is 0.326 e. The SMILES string of the molecule is Cc1nc2c(F)cc(-c3nc(Nc4ccc5c(n4)CCN(CCS(C)(C)C)C5)ncc3F)cc2n1C(C)C. The van der Waals surface area contributed by atoms with Gasteiger partial charge in [-0.1, -0.05) is 6.07 Å². The lowest BCUT2D eigenvalue weighted by Crippen LogP contribution is -2.34. The van der Waals surface area contributed by atoms with Gasteiger partial charge in [0.25, 0.3) is 0 Å². The number of fused-ring (bicyclic) bond motifs is 2. The van der Waals surface area contributed by atoms with Gasteiger partial charge < -0.3 is 9.88 Å². The predicted molar refractivity (Wildman–Crippen MR) is 153 cm³/mol. The van der Waals surface area contributed by atoms with Crippen LogP contribution in [0.2, 0.25) is 0 Å². The average molecular weight is 540 g/mol. The number of aryl methyl sites for hydroxylation is 1. The van der Waals surface area contributed by atoms with Crippen molar-refractivity contribution in [1.29, 1.82) is 0 Å². The van der Waals surface area contributed by atoms with Crippen molar-refractivity contribution in [2.24, 2.45) is 0 Å². The number of halogens is 2. The molecule has 1 aromatic carbocycles. The molecule has 4 heterocycles. The molecule has 1 aliphatic heterocycles. The van der Waals surface area contributed by atoms with Crippen LogP contribution in [0.5, 0.6) is 0 Å². The summed E-state index contributed by atoms with van der Waals surface area (Å²) in [5.41, 5.74) is 3.51. The van der Waals surface area contributed by atoms with E-state index in [9.17, 15) is 8.78 Å². The molecule has 0 aliphatic carbocycles. The van der Waals surface area contributed by atoms with Crippen molar-refractivity contribution in [2.75, 3.05) is 42.9 Å². The number of pyridine rings is 1. The minimum atomic E-state index is -0.628. The summed E-state index contributed by atoms with van der Waals surface area (Å²) in [5, 5.41) is 3.11. The fourth-order valence-electron chi connectivity index (χ4n) is 4.94. The first kappa shape index (κ1) is 26.5. The molecule has 1 N–H and O–H groups in total. The highest BCUT2D eigenvalue weighted by Crippen LogP contribution is 2.34. The third-order valence-electron chi connectivity index (χ3n) is 6.85. The molecule has 0 amide bonds. The van der Waals surface area contributed by atoms with Crippen LogP contribution in [0.1, 0.15) is 37.0 Å². The Morgan fingerprint density at radius 2 is 1.84 bits per heavy atom. The van der Waals surface area contributed by atoms with E-state index in [1.807, 2.05) is 31.4 Å². The van der Waals surface area contributed by atoms with Gasteiger partial charge in [0, 0.05) is 43.4 Å². The summed E-state index contributed by atoms with van der Waals surface area (Å²) in [6.45, 7) is 8.83. The van der Waals surface area contributed by atoms with Gasteiger partial charge in [-0.15, -0.1) is 0 Å². The van der Waals surface area contributed by atoms with Crippen LogP contribution >= 0.6 is 10.0 Å². The molecular weight excluding hydrogens is 504 g/mol. The van der Waals surface area contributed by atoms with Gasteiger partial charge in [-0.05, 0) is 69.1 Å². The zero-order chi connectivity index (χ0) is 27.2. The Balaban J connectivity index is 1.39. The van der Waals surface area contributed by atoms with E-state index in [0.717, 1.165) is 37.9 Å². The van der Waals surface area contributed by atoms with Gasteiger partial charge in [-0.25, -0.2) is 38.7 Å². The second-order valence-electron chi connectivity index (χ2n) is 11.1. The fraction of sp³-hybridized carbons (Fsp3) is 0.429. The number of aromatic nitrogens is 5. The minimum absolute atomic E-state index is 0.0204. The quantitative estimate of drug-likeness (QED) is 0.318. The number of nitrogens with one attached hydrogen (secondary N) is 1. The first-order valence-electron chi connectivity index (χ1n) is 12.8. The van der Waals surface area contributed by atoms with E-state index >= 15 is 0 Å². The van der Waals surface area contributed by atoms with Gasteiger partial charge in [-0.3, -0.25) is 4.90 Å². The van der Waals surface area contributed by atoms with E-state index in [2.05, 4.69) is 50.0 Å². The standard InChI is InChI=1S/C28H35F2N7S/c1-17(2)37-18(3)32-27-21(29)13-20(14-24(27)37)26-22(30)15-31-28(35-26)34-25-8-7-19-16-36(10-9-23(19)33-25)11-12-38(4,5)6/h7-8,13-15,17H,9-12,16H2,1-6H3,(H,31,33,34,35). The molecular formula is C28H35F2N7S. The Hall–Kier alpha value is -3.11. The molecule has 1 aliphatic rings. The molecule has 0 radical (unpaired) electrons. The average Bonchev–Trinajstić information content (AvgIpc) is 3.20. The number of imidazole rings is 1. The predicted octanol–water partition coefficient (Wildman–Crippen LogP) is 5.85. The molecule has 0 saturated carbocycles. The first-order chi connectivity index (χ1) is 18.0. The van der Waals surface area contributed by atoms with Crippen LogP contribution in [0.4, 0.5) is 20.5 Å². The normalized spacial score (nSPS) is 14.8. The molecule has 10 heteroatoms. The number of rotatable bonds is 7. The molecule has 3 aromatic heterocycles. The van der Waals surface area contributed by atoms with E-state index in [-0.39, 0.29) is 23.2 Å². The minimum Gasteiger partial charge on any atom is -0.326 e. The monoisotopic (exact) mass is 539 g/mol. The lowest BCUT2D eigenvalue weighted by Gasteiger charge is -2.33. The Morgan fingerprint density at radius 1 is 1.05 bits per heavy atom. The summed E-state index contributed by atoms with van der Waals surface area (Å²) < 4.78 is 31.8. The topological polar surface area (TPSA) is 71.8 Å². The zero-order valence-corrected chi connectivity index (χ0v) is 23.7. The van der Waals surface area contributed by atoms with Crippen molar-refractivity contribution in [1.82, 2.24) is 29.4 Å². The highest BCUT2D eigenvalue weighted by Gasteiger charge is 2.21. The summed E-state index contributed by atoms with van der Waals surface area (Å²) in [6.07, 6.45) is 9.03. The van der Waals surface area contributed by atoms with Gasteiger partial charge in [-0.2, -0.15) is 0 Å². The highest BCUT2D eigenvalue weighted by molar-refractivity contribution is 8.32. The van der Waals surface area contributed by atoms with Crippen molar-refractivity contribution in [2.45, 2.75) is 39.8 Å². The summed E-state index contributed by atoms with van der Waals surface area (Å²) in [5.74, 6) is 1.60. The van der Waals surface area contributed by atoms with Crippen LogP contribution in [0.3, 0.4) is 0 Å². The fourth-order valence-corrected chi connectivity index (χ4v) is 5.75. The van der Waals surface area contributed by atoms with Crippen LogP contribution in [0.25, 0.3) is 22.3 Å². The maximum atomic E-state index is 15.0. The van der Waals surface area contributed by atoms with Crippen LogP contribution in [0, 0.1) is 18.6 Å². The zero-order valence-electron chi connectivity index (χ0n) is 22.8. The van der Waals surface area contributed by atoms with Gasteiger partial charge in [0.1, 0.15) is 22.9 Å². The van der Waals surface area contributed by atoms with E-state index in [1.54, 1.807) is 6.07 Å². The molecule has 4 aromatic rings. The maximum Gasteiger partial charge on any atom is 0.229 e. The summed E-state index contributed by atoms with van der Waals surface area (Å²) in [4.78, 5) is 20.2. The van der Waals surface area contributed by atoms with Crippen LogP contribution in [0.15, 0.2) is 30.5 Å². The number of hydrogen-bond acceptors (Lipinski definition) is 6. The van der Waals surface area contributed by atoms with Gasteiger partial charge in [0.2, 0.25) is 5.95 Å². The van der Waals surface area contributed by atoms with E-state index in [1.165, 1.54) is 17.4 Å². The van der Waals surface area contributed by atoms with Crippen LogP contribution in [-0.2, 0) is 13.0 Å². The first-order valence-corrected chi connectivity index (χ1v) is 15.9. The molecule has 0 spiro atoms. The Bertz CT molecular complexity index is 1490. The van der Waals surface area contributed by atoms with Crippen molar-refractivity contribution in [3.8, 4) is 11.3 Å². The molecule has 7 nitrogen and oxygen atoms in total. The Labute approximate surface area is 224 Å². The van der Waals surface area contributed by atoms with Gasteiger partial charge >= 0.3 is 0 Å². The molecule has 0 unspecified atom stereocenters. The third-order valence-corrected chi connectivity index (χ3v) is 8.25. The smallest absolute Gasteiger partial charge is 0.229 e.